The quantitative estimate of drug-likeness (QED) is 0.419. The summed E-state index contributed by atoms with van der Waals surface area (Å²) >= 11 is 0. The minimum atomic E-state index is -4.67. The second kappa shape index (κ2) is 6.19. The SMILES string of the molecule is O=S(=O)(O)O.[BaH2].[Zn]. The topological polar surface area (TPSA) is 74.6 Å². The van der Waals surface area contributed by atoms with Crippen LogP contribution in [0.25, 0.3) is 0 Å². The summed E-state index contributed by atoms with van der Waals surface area (Å²) in [6.07, 6.45) is 0. The Bertz CT molecular complexity index is 94.9. The Morgan fingerprint density at radius 3 is 1.14 bits per heavy atom. The zero-order chi connectivity index (χ0) is 4.50. The van der Waals surface area contributed by atoms with Crippen molar-refractivity contribution in [3.05, 3.63) is 0 Å². The third-order valence-corrected chi connectivity index (χ3v) is 0. The molecular weight excluding hydrogens is 299 g/mol. The normalized spacial score (nSPS) is 8.29. The van der Waals surface area contributed by atoms with E-state index in [1.807, 2.05) is 0 Å². The van der Waals surface area contributed by atoms with Crippen molar-refractivity contribution in [2.75, 3.05) is 0 Å². The van der Waals surface area contributed by atoms with Crippen molar-refractivity contribution in [1.29, 1.82) is 0 Å². The molecule has 7 heteroatoms. The van der Waals surface area contributed by atoms with Gasteiger partial charge < -0.3 is 0 Å². The summed E-state index contributed by atoms with van der Waals surface area (Å²) in [5.41, 5.74) is 0. The Morgan fingerprint density at radius 2 is 1.14 bits per heavy atom. The molecule has 2 N–H and O–H groups in total. The molecule has 0 bridgehead atoms. The smallest absolute Gasteiger partial charge is 0 e. The van der Waals surface area contributed by atoms with Gasteiger partial charge in [0.1, 0.15) is 0 Å². The Morgan fingerprint density at radius 1 is 1.14 bits per heavy atom. The van der Waals surface area contributed by atoms with Crippen molar-refractivity contribution in [1.82, 2.24) is 0 Å². The third kappa shape index (κ3) is 69.6. The van der Waals surface area contributed by atoms with E-state index in [2.05, 4.69) is 0 Å². The van der Waals surface area contributed by atoms with Gasteiger partial charge in [-0.25, -0.2) is 0 Å². The largest absolute Gasteiger partial charge is 0 e. The van der Waals surface area contributed by atoms with Crippen LogP contribution < -0.4 is 0 Å². The first-order chi connectivity index (χ1) is 2.00. The molecule has 0 aromatic rings. The molecule has 0 rings (SSSR count). The Labute approximate surface area is 94.5 Å². The number of hydrogen-bond donors (Lipinski definition) is 2. The number of rotatable bonds is 0. The molecule has 0 aromatic carbocycles. The summed E-state index contributed by atoms with van der Waals surface area (Å²) in [5.74, 6) is 0. The fourth-order valence-corrected chi connectivity index (χ4v) is 0. The molecule has 0 amide bonds. The molecule has 0 fully saturated rings. The van der Waals surface area contributed by atoms with Gasteiger partial charge in [0.25, 0.3) is 0 Å². The number of hydrogen-bond acceptors (Lipinski definition) is 2. The summed E-state index contributed by atoms with van der Waals surface area (Å²) in [7, 11) is -4.67. The van der Waals surface area contributed by atoms with E-state index in [9.17, 15) is 0 Å². The molecule has 0 aliphatic carbocycles. The van der Waals surface area contributed by atoms with Crippen LogP contribution in [0.4, 0.5) is 0 Å². The van der Waals surface area contributed by atoms with Crippen LogP contribution in [0.2, 0.25) is 0 Å². The maximum Gasteiger partial charge on any atom is 0 e. The molecule has 38 valence electrons. The molecule has 0 unspecified atom stereocenters. The van der Waals surface area contributed by atoms with E-state index < -0.39 is 10.4 Å². The van der Waals surface area contributed by atoms with Crippen molar-refractivity contribution in [2.45, 2.75) is 0 Å². The minimum Gasteiger partial charge on any atom is 0 e. The average Bonchev–Trinajstić information content (AvgIpc) is 0.722. The van der Waals surface area contributed by atoms with Gasteiger partial charge >= 0.3 is 59.3 Å². The molecule has 0 aromatic heterocycles. The van der Waals surface area contributed by atoms with Crippen LogP contribution in [-0.2, 0) is 29.9 Å². The van der Waals surface area contributed by atoms with Crippen molar-refractivity contribution >= 4 is 59.3 Å². The van der Waals surface area contributed by atoms with Crippen LogP contribution in [0.3, 0.4) is 0 Å². The summed E-state index contributed by atoms with van der Waals surface area (Å²) in [6.45, 7) is 0. The molecule has 0 aliphatic rings. The van der Waals surface area contributed by atoms with E-state index >= 15 is 0 Å². The van der Waals surface area contributed by atoms with Gasteiger partial charge in [0.15, 0.2) is 0 Å². The van der Waals surface area contributed by atoms with Gasteiger partial charge in [-0.1, -0.05) is 0 Å². The minimum absolute atomic E-state index is 0. The predicted molar refractivity (Wildman–Crippen MR) is 22.7 cm³/mol. The Balaban J connectivity index is -0.0000000800. The van der Waals surface area contributed by atoms with Crippen molar-refractivity contribution in [3.63, 3.8) is 0 Å². The van der Waals surface area contributed by atoms with E-state index in [4.69, 9.17) is 17.5 Å². The van der Waals surface area contributed by atoms with E-state index in [1.54, 1.807) is 0 Å². The summed E-state index contributed by atoms with van der Waals surface area (Å²) in [6, 6.07) is 0. The van der Waals surface area contributed by atoms with Crippen LogP contribution in [0.15, 0.2) is 0 Å². The van der Waals surface area contributed by atoms with Crippen LogP contribution in [0.1, 0.15) is 0 Å². The molecule has 0 aliphatic heterocycles. The van der Waals surface area contributed by atoms with E-state index in [-0.39, 0.29) is 68.4 Å². The molecule has 4 nitrogen and oxygen atoms in total. The van der Waals surface area contributed by atoms with Gasteiger partial charge in [-0.15, -0.1) is 0 Å². The van der Waals surface area contributed by atoms with E-state index in [0.29, 0.717) is 0 Å². The summed E-state index contributed by atoms with van der Waals surface area (Å²) in [4.78, 5) is 0. The Hall–Kier alpha value is 2.06. The first kappa shape index (κ1) is 16.0. The standard InChI is InChI=1S/Ba.H2O4S.Zn.2H/c;1-5(2,3)4;;;/h;(H2,1,2,3,4);;;. The summed E-state index contributed by atoms with van der Waals surface area (Å²) < 4.78 is 31.6. The van der Waals surface area contributed by atoms with Gasteiger partial charge in [-0.2, -0.15) is 8.42 Å². The molecule has 7 heavy (non-hydrogen) atoms. The average molecular weight is 303 g/mol. The van der Waals surface area contributed by atoms with Crippen molar-refractivity contribution < 1.29 is 37.0 Å². The first-order valence-electron chi connectivity index (χ1n) is 0.698. The molecular formula is H4BaO4SZn. The molecule has 0 atom stereocenters. The molecule has 0 saturated carbocycles. The van der Waals surface area contributed by atoms with Crippen molar-refractivity contribution in [3.8, 4) is 0 Å². The zero-order valence-electron chi connectivity index (χ0n) is 2.83. The first-order valence-corrected chi connectivity index (χ1v) is 2.10. The third-order valence-electron chi connectivity index (χ3n) is 0. The molecule has 0 spiro atoms. The zero-order valence-corrected chi connectivity index (χ0v) is 6.61. The van der Waals surface area contributed by atoms with Crippen LogP contribution in [0.5, 0.6) is 0 Å². The van der Waals surface area contributed by atoms with Gasteiger partial charge in [-0.3, -0.25) is 9.11 Å². The van der Waals surface area contributed by atoms with Gasteiger partial charge in [0.05, 0.1) is 0 Å². The predicted octanol–water partition coefficient (Wildman–Crippen LogP) is -1.57. The van der Waals surface area contributed by atoms with Gasteiger partial charge in [-0.05, 0) is 0 Å². The molecule has 0 radical (unpaired) electrons. The fraction of sp³-hybridized carbons (Fsp3) is 0. The van der Waals surface area contributed by atoms with E-state index in [0.717, 1.165) is 0 Å². The second-order valence-corrected chi connectivity index (χ2v) is 1.34. The van der Waals surface area contributed by atoms with E-state index in [1.165, 1.54) is 0 Å². The fourth-order valence-electron chi connectivity index (χ4n) is 0. The molecule has 0 heterocycles. The maximum absolute atomic E-state index is 8.74. The molecule has 0 saturated heterocycles. The van der Waals surface area contributed by atoms with Gasteiger partial charge in [0, 0.05) is 19.5 Å². The van der Waals surface area contributed by atoms with Crippen LogP contribution in [-0.4, -0.2) is 66.4 Å². The maximum atomic E-state index is 8.74. The van der Waals surface area contributed by atoms with Gasteiger partial charge in [0.2, 0.25) is 0 Å². The summed E-state index contributed by atoms with van der Waals surface area (Å²) in [5, 5.41) is 0. The van der Waals surface area contributed by atoms with Crippen LogP contribution >= 0.6 is 0 Å². The van der Waals surface area contributed by atoms with Crippen LogP contribution in [0, 0.1) is 0 Å². The Kier molecular flexibility index (Phi) is 14.2. The van der Waals surface area contributed by atoms with Crippen molar-refractivity contribution in [2.24, 2.45) is 0 Å². The monoisotopic (exact) mass is 302 g/mol. The second-order valence-electron chi connectivity index (χ2n) is 0.448.